The second kappa shape index (κ2) is 3.79. The van der Waals surface area contributed by atoms with E-state index >= 15 is 0 Å². The van der Waals surface area contributed by atoms with E-state index in [0.29, 0.717) is 0 Å². The van der Waals surface area contributed by atoms with Gasteiger partial charge in [-0.05, 0) is 50.2 Å². The van der Waals surface area contributed by atoms with Gasteiger partial charge in [0, 0.05) is 13.8 Å². The highest BCUT2D eigenvalue weighted by atomic mass is 79.9. The fourth-order valence-corrected chi connectivity index (χ4v) is 2.39. The van der Waals surface area contributed by atoms with Gasteiger partial charge in [-0.15, -0.1) is 11.8 Å². The highest BCUT2D eigenvalue weighted by molar-refractivity contribution is 9.13. The van der Waals surface area contributed by atoms with Gasteiger partial charge in [0.05, 0.1) is 0 Å². The van der Waals surface area contributed by atoms with Crippen molar-refractivity contribution in [3.63, 3.8) is 0 Å². The molecule has 0 aromatic heterocycles. The van der Waals surface area contributed by atoms with E-state index in [-0.39, 0.29) is 0 Å². The van der Waals surface area contributed by atoms with Crippen LogP contribution >= 0.6 is 43.6 Å². The highest BCUT2D eigenvalue weighted by Crippen LogP contribution is 2.31. The molecule has 0 spiro atoms. The summed E-state index contributed by atoms with van der Waals surface area (Å²) in [6.07, 6.45) is 2.06. The van der Waals surface area contributed by atoms with E-state index in [1.165, 1.54) is 4.90 Å². The van der Waals surface area contributed by atoms with Crippen LogP contribution in [0.5, 0.6) is 0 Å². The van der Waals surface area contributed by atoms with E-state index in [1.54, 1.807) is 11.8 Å². The first-order valence-corrected chi connectivity index (χ1v) is 5.55. The van der Waals surface area contributed by atoms with Crippen LogP contribution in [0.2, 0.25) is 0 Å². The van der Waals surface area contributed by atoms with Crippen molar-refractivity contribution in [1.29, 1.82) is 0 Å². The van der Waals surface area contributed by atoms with Crippen LogP contribution in [0.1, 0.15) is 0 Å². The first kappa shape index (κ1) is 8.62. The van der Waals surface area contributed by atoms with Crippen molar-refractivity contribution in [3.8, 4) is 0 Å². The second-order valence-corrected chi connectivity index (χ2v) is 4.25. The molecule has 0 saturated carbocycles. The molecule has 0 radical (unpaired) electrons. The predicted molar refractivity (Wildman–Crippen MR) is 53.6 cm³/mol. The van der Waals surface area contributed by atoms with Gasteiger partial charge in [0.25, 0.3) is 0 Å². The molecular weight excluding hydrogens is 276 g/mol. The zero-order chi connectivity index (χ0) is 7.56. The lowest BCUT2D eigenvalue weighted by atomic mass is 10.4. The highest BCUT2D eigenvalue weighted by Gasteiger charge is 1.99. The van der Waals surface area contributed by atoms with Gasteiger partial charge in [0.1, 0.15) is 0 Å². The molecule has 0 saturated heterocycles. The van der Waals surface area contributed by atoms with Crippen molar-refractivity contribution in [2.24, 2.45) is 0 Å². The molecule has 1 aromatic rings. The molecule has 0 fully saturated rings. The molecule has 0 heterocycles. The molecule has 0 bridgehead atoms. The number of rotatable bonds is 1. The Labute approximate surface area is 81.7 Å². The van der Waals surface area contributed by atoms with Crippen LogP contribution < -0.4 is 0 Å². The van der Waals surface area contributed by atoms with Crippen LogP contribution in [-0.2, 0) is 0 Å². The van der Waals surface area contributed by atoms with Gasteiger partial charge in [-0.2, -0.15) is 0 Å². The zero-order valence-corrected chi connectivity index (χ0v) is 9.38. The Hall–Kier alpha value is 0.530. The Morgan fingerprint density at radius 3 is 2.50 bits per heavy atom. The summed E-state index contributed by atoms with van der Waals surface area (Å²) >= 11 is 8.63. The van der Waals surface area contributed by atoms with Gasteiger partial charge >= 0.3 is 0 Å². The normalized spacial score (nSPS) is 9.90. The smallest absolute Gasteiger partial charge is 0.0453 e. The van der Waals surface area contributed by atoms with Gasteiger partial charge in [0.2, 0.25) is 0 Å². The minimum atomic E-state index is 1.11. The molecule has 0 amide bonds. The summed E-state index contributed by atoms with van der Waals surface area (Å²) in [6.45, 7) is 0. The summed E-state index contributed by atoms with van der Waals surface area (Å²) in [5, 5.41) is 0. The van der Waals surface area contributed by atoms with E-state index in [2.05, 4.69) is 44.2 Å². The molecule has 3 heteroatoms. The average Bonchev–Trinajstić information content (AvgIpc) is 1.95. The lowest BCUT2D eigenvalue weighted by molar-refractivity contribution is 1.38. The quantitative estimate of drug-likeness (QED) is 0.703. The first-order chi connectivity index (χ1) is 4.75. The Morgan fingerprint density at radius 2 is 2.00 bits per heavy atom. The topological polar surface area (TPSA) is 0 Å². The lowest BCUT2D eigenvalue weighted by Gasteiger charge is -2.00. The number of hydrogen-bond acceptors (Lipinski definition) is 1. The lowest BCUT2D eigenvalue weighted by Crippen LogP contribution is -1.73. The summed E-state index contributed by atoms with van der Waals surface area (Å²) in [7, 11) is 0. The van der Waals surface area contributed by atoms with Crippen molar-refractivity contribution in [2.75, 3.05) is 6.26 Å². The third kappa shape index (κ3) is 1.77. The Kier molecular flexibility index (Phi) is 3.27. The molecule has 1 rings (SSSR count). The summed E-state index contributed by atoms with van der Waals surface area (Å²) in [6, 6.07) is 6.13. The van der Waals surface area contributed by atoms with Crippen molar-refractivity contribution in [2.45, 2.75) is 4.90 Å². The second-order valence-electron chi connectivity index (χ2n) is 1.76. The van der Waals surface area contributed by atoms with Crippen molar-refractivity contribution >= 4 is 43.6 Å². The molecule has 0 aliphatic heterocycles. The van der Waals surface area contributed by atoms with Crippen LogP contribution in [0, 0.1) is 0 Å². The molecular formula is C7H6Br2S. The van der Waals surface area contributed by atoms with Crippen LogP contribution in [0.4, 0.5) is 0 Å². The van der Waals surface area contributed by atoms with Crippen LogP contribution in [0.3, 0.4) is 0 Å². The Balaban J connectivity index is 3.14. The van der Waals surface area contributed by atoms with Gasteiger partial charge in [-0.3, -0.25) is 0 Å². The maximum atomic E-state index is 3.47. The average molecular weight is 282 g/mol. The number of thioether (sulfide) groups is 1. The summed E-state index contributed by atoms with van der Waals surface area (Å²) in [5.74, 6) is 0. The number of benzene rings is 1. The van der Waals surface area contributed by atoms with E-state index < -0.39 is 0 Å². The molecule has 1 aromatic carbocycles. The van der Waals surface area contributed by atoms with Crippen LogP contribution in [-0.4, -0.2) is 6.26 Å². The van der Waals surface area contributed by atoms with E-state index in [0.717, 1.165) is 8.95 Å². The minimum absolute atomic E-state index is 1.11. The molecule has 0 unspecified atom stereocenters. The maximum Gasteiger partial charge on any atom is 0.0453 e. The predicted octanol–water partition coefficient (Wildman–Crippen LogP) is 3.93. The third-order valence-corrected chi connectivity index (χ3v) is 4.23. The van der Waals surface area contributed by atoms with E-state index in [1.807, 2.05) is 12.1 Å². The van der Waals surface area contributed by atoms with Crippen molar-refractivity contribution in [1.82, 2.24) is 0 Å². The van der Waals surface area contributed by atoms with Crippen molar-refractivity contribution < 1.29 is 0 Å². The fourth-order valence-electron chi connectivity index (χ4n) is 0.642. The minimum Gasteiger partial charge on any atom is -0.128 e. The molecule has 54 valence electrons. The Bertz CT molecular complexity index is 235. The largest absolute Gasteiger partial charge is 0.128 e. The summed E-state index contributed by atoms with van der Waals surface area (Å²) in [5.41, 5.74) is 0. The standard InChI is InChI=1S/C7H6Br2S/c1-10-6-4-2-3-5(8)7(6)9/h2-4H,1H3. The fraction of sp³-hybridized carbons (Fsp3) is 0.143. The van der Waals surface area contributed by atoms with E-state index in [4.69, 9.17) is 0 Å². The number of halogens is 2. The van der Waals surface area contributed by atoms with E-state index in [9.17, 15) is 0 Å². The monoisotopic (exact) mass is 280 g/mol. The van der Waals surface area contributed by atoms with Gasteiger partial charge < -0.3 is 0 Å². The molecule has 0 nitrogen and oxygen atoms in total. The molecule has 0 atom stereocenters. The molecule has 0 N–H and O–H groups in total. The SMILES string of the molecule is CSc1cccc(Br)c1Br. The van der Waals surface area contributed by atoms with Gasteiger partial charge in [0.15, 0.2) is 0 Å². The first-order valence-electron chi connectivity index (χ1n) is 2.73. The molecule has 0 aliphatic rings. The van der Waals surface area contributed by atoms with Gasteiger partial charge in [-0.25, -0.2) is 0 Å². The number of hydrogen-bond donors (Lipinski definition) is 0. The molecule has 0 aliphatic carbocycles. The van der Waals surface area contributed by atoms with Crippen LogP contribution in [0.15, 0.2) is 32.0 Å². The van der Waals surface area contributed by atoms with Crippen LogP contribution in [0.25, 0.3) is 0 Å². The Morgan fingerprint density at radius 1 is 1.30 bits per heavy atom. The maximum absolute atomic E-state index is 3.47. The summed E-state index contributed by atoms with van der Waals surface area (Å²) in [4.78, 5) is 1.26. The van der Waals surface area contributed by atoms with Crippen molar-refractivity contribution in [3.05, 3.63) is 27.1 Å². The van der Waals surface area contributed by atoms with Gasteiger partial charge in [-0.1, -0.05) is 6.07 Å². The zero-order valence-electron chi connectivity index (χ0n) is 5.40. The third-order valence-electron chi connectivity index (χ3n) is 1.14. The molecule has 10 heavy (non-hydrogen) atoms. The summed E-state index contributed by atoms with van der Waals surface area (Å²) < 4.78 is 2.25.